The van der Waals surface area contributed by atoms with Crippen molar-refractivity contribution in [2.75, 3.05) is 36.9 Å². The highest BCUT2D eigenvalue weighted by Gasteiger charge is 2.16. The highest BCUT2D eigenvalue weighted by molar-refractivity contribution is 6.01. The number of aliphatic hydroxyl groups is 1. The Balaban J connectivity index is 1.58. The number of pyridine rings is 1. The van der Waals surface area contributed by atoms with Crippen LogP contribution >= 0.6 is 0 Å². The lowest BCUT2D eigenvalue weighted by molar-refractivity contribution is -0.117. The van der Waals surface area contributed by atoms with Crippen molar-refractivity contribution in [1.29, 1.82) is 0 Å². The van der Waals surface area contributed by atoms with Crippen molar-refractivity contribution in [3.63, 3.8) is 0 Å². The van der Waals surface area contributed by atoms with Gasteiger partial charge in [0.2, 0.25) is 5.91 Å². The fourth-order valence-corrected chi connectivity index (χ4v) is 4.05. The highest BCUT2D eigenvalue weighted by Crippen LogP contribution is 2.27. The third-order valence-electron chi connectivity index (χ3n) is 5.60. The number of hydrogen-bond donors (Lipinski definition) is 4. The van der Waals surface area contributed by atoms with Gasteiger partial charge in [0, 0.05) is 31.4 Å². The minimum absolute atomic E-state index is 0.111. The second kappa shape index (κ2) is 11.7. The molecular weight excluding hydrogens is 364 g/mol. The summed E-state index contributed by atoms with van der Waals surface area (Å²) < 4.78 is 0. The standard InChI is InChI=1S/C23H34N4O2/c28-16-15-24-13-14-25-22-12-11-19-20(26-22)9-6-10-21(19)27-23(29)17-18-7-4-2-1-3-5-8-18/h6,9-12,18,24,28H,1-5,7-8,13-17H2,(H,25,26)(H,27,29). The number of aliphatic hydroxyl groups excluding tert-OH is 1. The van der Waals surface area contributed by atoms with Crippen LogP contribution < -0.4 is 16.0 Å². The first-order chi connectivity index (χ1) is 14.3. The number of nitrogens with one attached hydrogen (secondary N) is 3. The third-order valence-corrected chi connectivity index (χ3v) is 5.60. The fourth-order valence-electron chi connectivity index (χ4n) is 4.05. The molecule has 0 saturated heterocycles. The van der Waals surface area contributed by atoms with Gasteiger partial charge in [-0.3, -0.25) is 4.79 Å². The van der Waals surface area contributed by atoms with Gasteiger partial charge in [-0.25, -0.2) is 4.98 Å². The molecule has 1 aliphatic carbocycles. The maximum atomic E-state index is 12.6. The molecule has 6 heteroatoms. The van der Waals surface area contributed by atoms with E-state index in [1.165, 1.54) is 44.9 Å². The predicted octanol–water partition coefficient (Wildman–Crippen LogP) is 3.92. The van der Waals surface area contributed by atoms with Crippen molar-refractivity contribution in [2.24, 2.45) is 5.92 Å². The van der Waals surface area contributed by atoms with E-state index >= 15 is 0 Å². The number of amides is 1. The SMILES string of the molecule is O=C(CC1CCCCCCC1)Nc1cccc2nc(NCCNCCO)ccc12. The Labute approximate surface area is 173 Å². The minimum Gasteiger partial charge on any atom is -0.395 e. The first-order valence-corrected chi connectivity index (χ1v) is 11.0. The van der Waals surface area contributed by atoms with Gasteiger partial charge in [-0.1, -0.05) is 38.2 Å². The smallest absolute Gasteiger partial charge is 0.224 e. The summed E-state index contributed by atoms with van der Waals surface area (Å²) in [6.07, 6.45) is 9.42. The Kier molecular flexibility index (Phi) is 8.71. The van der Waals surface area contributed by atoms with Gasteiger partial charge in [0.1, 0.15) is 5.82 Å². The molecular formula is C23H34N4O2. The molecule has 3 rings (SSSR count). The van der Waals surface area contributed by atoms with Crippen LogP contribution in [0.4, 0.5) is 11.5 Å². The molecule has 1 saturated carbocycles. The molecule has 0 atom stereocenters. The van der Waals surface area contributed by atoms with Gasteiger partial charge in [-0.15, -0.1) is 0 Å². The average molecular weight is 399 g/mol. The molecule has 0 unspecified atom stereocenters. The number of hydrogen-bond acceptors (Lipinski definition) is 5. The normalized spacial score (nSPS) is 15.6. The van der Waals surface area contributed by atoms with Crippen molar-refractivity contribution in [3.05, 3.63) is 30.3 Å². The number of aromatic nitrogens is 1. The van der Waals surface area contributed by atoms with E-state index in [1.807, 2.05) is 30.3 Å². The lowest BCUT2D eigenvalue weighted by Crippen LogP contribution is -2.25. The van der Waals surface area contributed by atoms with E-state index in [-0.39, 0.29) is 12.5 Å². The summed E-state index contributed by atoms with van der Waals surface area (Å²) in [5.74, 6) is 1.43. The van der Waals surface area contributed by atoms with E-state index in [9.17, 15) is 4.79 Å². The Morgan fingerprint density at radius 3 is 2.59 bits per heavy atom. The molecule has 1 aliphatic rings. The molecule has 1 fully saturated rings. The van der Waals surface area contributed by atoms with Crippen LogP contribution in [0.15, 0.2) is 30.3 Å². The summed E-state index contributed by atoms with van der Waals surface area (Å²) in [5.41, 5.74) is 1.70. The molecule has 1 heterocycles. The second-order valence-corrected chi connectivity index (χ2v) is 7.93. The Hall–Kier alpha value is -2.18. The number of carbonyl (C=O) groups excluding carboxylic acids is 1. The summed E-state index contributed by atoms with van der Waals surface area (Å²) in [6.45, 7) is 2.23. The molecule has 0 radical (unpaired) electrons. The maximum absolute atomic E-state index is 12.6. The molecule has 0 aliphatic heterocycles. The van der Waals surface area contributed by atoms with Crippen molar-refractivity contribution in [1.82, 2.24) is 10.3 Å². The zero-order valence-electron chi connectivity index (χ0n) is 17.3. The number of rotatable bonds is 9. The lowest BCUT2D eigenvalue weighted by Gasteiger charge is -2.19. The quantitative estimate of drug-likeness (QED) is 0.481. The van der Waals surface area contributed by atoms with Crippen LogP contribution in [0.5, 0.6) is 0 Å². The first-order valence-electron chi connectivity index (χ1n) is 11.0. The van der Waals surface area contributed by atoms with E-state index in [0.29, 0.717) is 18.9 Å². The van der Waals surface area contributed by atoms with Gasteiger partial charge in [0.25, 0.3) is 0 Å². The highest BCUT2D eigenvalue weighted by atomic mass is 16.3. The zero-order valence-corrected chi connectivity index (χ0v) is 17.3. The van der Waals surface area contributed by atoms with Crippen LogP contribution in [-0.4, -0.2) is 42.2 Å². The Morgan fingerprint density at radius 1 is 1.00 bits per heavy atom. The van der Waals surface area contributed by atoms with Crippen molar-refractivity contribution < 1.29 is 9.90 Å². The van der Waals surface area contributed by atoms with Crippen molar-refractivity contribution in [2.45, 2.75) is 51.4 Å². The van der Waals surface area contributed by atoms with Gasteiger partial charge >= 0.3 is 0 Å². The number of anilines is 2. The van der Waals surface area contributed by atoms with Gasteiger partial charge < -0.3 is 21.1 Å². The number of nitrogens with zero attached hydrogens (tertiary/aromatic N) is 1. The minimum atomic E-state index is 0.111. The van der Waals surface area contributed by atoms with Crippen LogP contribution in [0.1, 0.15) is 51.4 Å². The maximum Gasteiger partial charge on any atom is 0.224 e. The largest absolute Gasteiger partial charge is 0.395 e. The first kappa shape index (κ1) is 21.5. The monoisotopic (exact) mass is 398 g/mol. The summed E-state index contributed by atoms with van der Waals surface area (Å²) in [4.78, 5) is 17.3. The second-order valence-electron chi connectivity index (χ2n) is 7.93. The topological polar surface area (TPSA) is 86.3 Å². The summed E-state index contributed by atoms with van der Waals surface area (Å²) in [7, 11) is 0. The van der Waals surface area contributed by atoms with Gasteiger partial charge in [-0.2, -0.15) is 0 Å². The van der Waals surface area contributed by atoms with Gasteiger partial charge in [-0.05, 0) is 43.0 Å². The molecule has 1 aromatic heterocycles. The molecule has 29 heavy (non-hydrogen) atoms. The number of benzene rings is 1. The Bertz CT molecular complexity index is 773. The summed E-state index contributed by atoms with van der Waals surface area (Å²) >= 11 is 0. The van der Waals surface area contributed by atoms with E-state index in [2.05, 4.69) is 20.9 Å². The fraction of sp³-hybridized carbons (Fsp3) is 0.565. The molecule has 4 N–H and O–H groups in total. The van der Waals surface area contributed by atoms with Crippen molar-refractivity contribution in [3.8, 4) is 0 Å². The van der Waals surface area contributed by atoms with E-state index in [4.69, 9.17) is 5.11 Å². The van der Waals surface area contributed by atoms with E-state index in [0.717, 1.165) is 35.5 Å². The number of carbonyl (C=O) groups is 1. The third kappa shape index (κ3) is 6.98. The zero-order chi connectivity index (χ0) is 20.3. The lowest BCUT2D eigenvalue weighted by atomic mass is 9.89. The molecule has 1 amide bonds. The molecule has 158 valence electrons. The van der Waals surface area contributed by atoms with Crippen LogP contribution in [0, 0.1) is 5.92 Å². The molecule has 2 aromatic rings. The van der Waals surface area contributed by atoms with Crippen LogP contribution in [0.3, 0.4) is 0 Å². The van der Waals surface area contributed by atoms with Crippen LogP contribution in [-0.2, 0) is 4.79 Å². The summed E-state index contributed by atoms with van der Waals surface area (Å²) in [6, 6.07) is 9.81. The molecule has 0 spiro atoms. The van der Waals surface area contributed by atoms with E-state index < -0.39 is 0 Å². The van der Waals surface area contributed by atoms with E-state index in [1.54, 1.807) is 0 Å². The molecule has 1 aromatic carbocycles. The predicted molar refractivity (Wildman–Crippen MR) is 119 cm³/mol. The van der Waals surface area contributed by atoms with Gasteiger partial charge in [0.15, 0.2) is 0 Å². The molecule has 6 nitrogen and oxygen atoms in total. The summed E-state index contributed by atoms with van der Waals surface area (Å²) in [5, 5.41) is 19.3. The number of fused-ring (bicyclic) bond motifs is 1. The van der Waals surface area contributed by atoms with Gasteiger partial charge in [0.05, 0.1) is 17.8 Å². The van der Waals surface area contributed by atoms with Crippen molar-refractivity contribution >= 4 is 28.3 Å². The molecule has 0 bridgehead atoms. The van der Waals surface area contributed by atoms with Crippen LogP contribution in [0.25, 0.3) is 10.9 Å². The Morgan fingerprint density at radius 2 is 1.79 bits per heavy atom. The average Bonchev–Trinajstić information content (AvgIpc) is 2.70. The van der Waals surface area contributed by atoms with Crippen LogP contribution in [0.2, 0.25) is 0 Å².